The number of amides is 2. The molecule has 0 aromatic heterocycles. The van der Waals surface area contributed by atoms with Crippen LogP contribution in [0, 0.1) is 0 Å². The molecule has 25 heavy (non-hydrogen) atoms. The van der Waals surface area contributed by atoms with Gasteiger partial charge in [0, 0.05) is 17.9 Å². The Hall–Kier alpha value is -1.40. The van der Waals surface area contributed by atoms with Crippen LogP contribution in [0.3, 0.4) is 0 Å². The highest BCUT2D eigenvalue weighted by Crippen LogP contribution is 2.19. The van der Waals surface area contributed by atoms with Crippen molar-refractivity contribution in [1.29, 1.82) is 0 Å². The first-order valence-corrected chi connectivity index (χ1v) is 9.85. The highest BCUT2D eigenvalue weighted by Gasteiger charge is 2.17. The maximum atomic E-state index is 12.2. The molecule has 0 radical (unpaired) electrons. The second-order valence-corrected chi connectivity index (χ2v) is 7.53. The van der Waals surface area contributed by atoms with Gasteiger partial charge in [-0.2, -0.15) is 0 Å². The van der Waals surface area contributed by atoms with Gasteiger partial charge in [0.25, 0.3) is 0 Å². The van der Waals surface area contributed by atoms with E-state index >= 15 is 0 Å². The van der Waals surface area contributed by atoms with Crippen LogP contribution in [0.15, 0.2) is 28.7 Å². The molecule has 1 aliphatic rings. The van der Waals surface area contributed by atoms with Crippen molar-refractivity contribution in [2.45, 2.75) is 45.1 Å². The third-order valence-corrected chi connectivity index (χ3v) is 4.99. The molecule has 1 aromatic carbocycles. The van der Waals surface area contributed by atoms with Crippen LogP contribution < -0.4 is 10.6 Å². The number of benzene rings is 1. The maximum Gasteiger partial charge on any atom is 0.222 e. The van der Waals surface area contributed by atoms with E-state index in [-0.39, 0.29) is 24.3 Å². The Labute approximate surface area is 158 Å². The lowest BCUT2D eigenvalue weighted by molar-refractivity contribution is -0.122. The van der Waals surface area contributed by atoms with Crippen LogP contribution in [-0.4, -0.2) is 42.9 Å². The van der Waals surface area contributed by atoms with Gasteiger partial charge < -0.3 is 15.5 Å². The molecule has 1 heterocycles. The Morgan fingerprint density at radius 2 is 1.84 bits per heavy atom. The Balaban J connectivity index is 1.76. The SMILES string of the molecule is CC(=O)NC(CC(=O)NCCCN1CCCCC1)c1ccc(Br)cc1. The fraction of sp³-hybridized carbons (Fsp3) is 0.579. The second kappa shape index (κ2) is 10.6. The van der Waals surface area contributed by atoms with Crippen molar-refractivity contribution in [3.63, 3.8) is 0 Å². The minimum absolute atomic E-state index is 0.0275. The van der Waals surface area contributed by atoms with E-state index in [4.69, 9.17) is 0 Å². The zero-order chi connectivity index (χ0) is 18.1. The molecule has 1 unspecified atom stereocenters. The van der Waals surface area contributed by atoms with E-state index in [0.717, 1.165) is 23.0 Å². The molecule has 1 saturated heterocycles. The number of carbonyl (C=O) groups excluding carboxylic acids is 2. The average molecular weight is 410 g/mol. The van der Waals surface area contributed by atoms with Crippen LogP contribution in [0.1, 0.15) is 50.6 Å². The molecule has 0 aliphatic carbocycles. The van der Waals surface area contributed by atoms with Crippen LogP contribution in [0.25, 0.3) is 0 Å². The Kier molecular flexibility index (Phi) is 8.41. The number of hydrogen-bond donors (Lipinski definition) is 2. The first kappa shape index (κ1) is 19.9. The van der Waals surface area contributed by atoms with Gasteiger partial charge in [0.15, 0.2) is 0 Å². The van der Waals surface area contributed by atoms with Gasteiger partial charge in [-0.1, -0.05) is 34.5 Å². The van der Waals surface area contributed by atoms with E-state index in [2.05, 4.69) is 31.5 Å². The number of halogens is 1. The summed E-state index contributed by atoms with van der Waals surface area (Å²) in [6, 6.07) is 7.39. The molecule has 1 atom stereocenters. The summed E-state index contributed by atoms with van der Waals surface area (Å²) in [5, 5.41) is 5.85. The number of carbonyl (C=O) groups is 2. The molecule has 2 rings (SSSR count). The van der Waals surface area contributed by atoms with Crippen LogP contribution in [0.2, 0.25) is 0 Å². The van der Waals surface area contributed by atoms with Gasteiger partial charge in [0.2, 0.25) is 11.8 Å². The minimum Gasteiger partial charge on any atom is -0.356 e. The summed E-state index contributed by atoms with van der Waals surface area (Å²) in [4.78, 5) is 26.2. The number of rotatable bonds is 8. The first-order valence-electron chi connectivity index (χ1n) is 9.06. The van der Waals surface area contributed by atoms with Gasteiger partial charge in [-0.25, -0.2) is 0 Å². The standard InChI is InChI=1S/C19H28BrN3O2/c1-15(24)22-18(16-6-8-17(20)9-7-16)14-19(25)21-10-5-13-23-11-3-2-4-12-23/h6-9,18H,2-5,10-14H2,1H3,(H,21,25)(H,22,24). The molecule has 6 heteroatoms. The average Bonchev–Trinajstić information content (AvgIpc) is 2.59. The normalized spacial score (nSPS) is 16.2. The number of nitrogens with zero attached hydrogens (tertiary/aromatic N) is 1. The van der Waals surface area contributed by atoms with E-state index in [9.17, 15) is 9.59 Å². The zero-order valence-corrected chi connectivity index (χ0v) is 16.5. The fourth-order valence-corrected chi connectivity index (χ4v) is 3.43. The predicted octanol–water partition coefficient (Wildman–Crippen LogP) is 3.01. The van der Waals surface area contributed by atoms with E-state index in [0.29, 0.717) is 6.54 Å². The highest BCUT2D eigenvalue weighted by molar-refractivity contribution is 9.10. The van der Waals surface area contributed by atoms with Crippen LogP contribution in [0.5, 0.6) is 0 Å². The second-order valence-electron chi connectivity index (χ2n) is 6.61. The third-order valence-electron chi connectivity index (χ3n) is 4.46. The van der Waals surface area contributed by atoms with Gasteiger partial charge >= 0.3 is 0 Å². The van der Waals surface area contributed by atoms with Crippen molar-refractivity contribution in [2.75, 3.05) is 26.2 Å². The molecule has 1 fully saturated rings. The largest absolute Gasteiger partial charge is 0.356 e. The minimum atomic E-state index is -0.298. The van der Waals surface area contributed by atoms with E-state index in [1.165, 1.54) is 39.3 Å². The quantitative estimate of drug-likeness (QED) is 0.648. The molecular formula is C19H28BrN3O2. The number of piperidine rings is 1. The summed E-state index contributed by atoms with van der Waals surface area (Å²) >= 11 is 3.40. The van der Waals surface area contributed by atoms with Crippen molar-refractivity contribution < 1.29 is 9.59 Å². The summed E-state index contributed by atoms with van der Waals surface area (Å²) < 4.78 is 0.972. The number of hydrogen-bond acceptors (Lipinski definition) is 3. The number of nitrogens with one attached hydrogen (secondary N) is 2. The van der Waals surface area contributed by atoms with Gasteiger partial charge in [-0.05, 0) is 56.6 Å². The van der Waals surface area contributed by atoms with Crippen LogP contribution in [-0.2, 0) is 9.59 Å². The van der Waals surface area contributed by atoms with E-state index in [1.807, 2.05) is 24.3 Å². The number of likely N-dealkylation sites (tertiary alicyclic amines) is 1. The predicted molar refractivity (Wildman–Crippen MR) is 103 cm³/mol. The first-order chi connectivity index (χ1) is 12.0. The monoisotopic (exact) mass is 409 g/mol. The van der Waals surface area contributed by atoms with Crippen molar-refractivity contribution in [3.8, 4) is 0 Å². The Bertz CT molecular complexity index is 556. The van der Waals surface area contributed by atoms with Gasteiger partial charge in [0.05, 0.1) is 12.5 Å². The summed E-state index contributed by atoms with van der Waals surface area (Å²) in [5.41, 5.74) is 0.932. The molecular weight excluding hydrogens is 382 g/mol. The van der Waals surface area contributed by atoms with Crippen LogP contribution >= 0.6 is 15.9 Å². The van der Waals surface area contributed by atoms with Crippen molar-refractivity contribution >= 4 is 27.7 Å². The van der Waals surface area contributed by atoms with Crippen LogP contribution in [0.4, 0.5) is 0 Å². The summed E-state index contributed by atoms with van der Waals surface area (Å²) in [6.07, 6.45) is 5.14. The van der Waals surface area contributed by atoms with Gasteiger partial charge in [-0.15, -0.1) is 0 Å². The lowest BCUT2D eigenvalue weighted by atomic mass is 10.0. The molecule has 138 valence electrons. The maximum absolute atomic E-state index is 12.2. The van der Waals surface area contributed by atoms with E-state index in [1.54, 1.807) is 0 Å². The lowest BCUT2D eigenvalue weighted by Gasteiger charge is -2.26. The summed E-state index contributed by atoms with van der Waals surface area (Å²) in [5.74, 6) is -0.161. The Morgan fingerprint density at radius 1 is 1.16 bits per heavy atom. The highest BCUT2D eigenvalue weighted by atomic mass is 79.9. The molecule has 0 bridgehead atoms. The Morgan fingerprint density at radius 3 is 2.48 bits per heavy atom. The summed E-state index contributed by atoms with van der Waals surface area (Å²) in [7, 11) is 0. The molecule has 1 aliphatic heterocycles. The fourth-order valence-electron chi connectivity index (χ4n) is 3.16. The lowest BCUT2D eigenvalue weighted by Crippen LogP contribution is -2.35. The van der Waals surface area contributed by atoms with Gasteiger partial charge in [-0.3, -0.25) is 9.59 Å². The van der Waals surface area contributed by atoms with Crippen molar-refractivity contribution in [2.24, 2.45) is 0 Å². The topological polar surface area (TPSA) is 61.4 Å². The van der Waals surface area contributed by atoms with Crippen molar-refractivity contribution in [3.05, 3.63) is 34.3 Å². The molecule has 0 saturated carbocycles. The summed E-state index contributed by atoms with van der Waals surface area (Å²) in [6.45, 7) is 5.57. The van der Waals surface area contributed by atoms with Crippen molar-refractivity contribution in [1.82, 2.24) is 15.5 Å². The zero-order valence-electron chi connectivity index (χ0n) is 14.9. The molecule has 5 nitrogen and oxygen atoms in total. The molecule has 2 N–H and O–H groups in total. The molecule has 0 spiro atoms. The smallest absolute Gasteiger partial charge is 0.222 e. The van der Waals surface area contributed by atoms with E-state index < -0.39 is 0 Å². The van der Waals surface area contributed by atoms with Gasteiger partial charge in [0.1, 0.15) is 0 Å². The third kappa shape index (κ3) is 7.57. The molecule has 1 aromatic rings. The molecule has 2 amide bonds.